The predicted molar refractivity (Wildman–Crippen MR) is 82.4 cm³/mol. The van der Waals surface area contributed by atoms with Gasteiger partial charge in [-0.2, -0.15) is 5.26 Å². The zero-order valence-corrected chi connectivity index (χ0v) is 12.7. The zero-order valence-electron chi connectivity index (χ0n) is 12.7. The molecule has 1 aliphatic heterocycles. The van der Waals surface area contributed by atoms with Crippen LogP contribution in [-0.4, -0.2) is 24.2 Å². The minimum absolute atomic E-state index is 0.263. The number of nitrogens with one attached hydrogen (secondary N) is 1. The fourth-order valence-corrected chi connectivity index (χ4v) is 3.46. The van der Waals surface area contributed by atoms with Crippen LogP contribution in [0.1, 0.15) is 55.0 Å². The SMILES string of the molecule is CCc1nc(NC[C@@H]2CCCO2)c(C#N)c2c1CCCC2. The number of fused-ring (bicyclic) bond motifs is 1. The second kappa shape index (κ2) is 6.44. The summed E-state index contributed by atoms with van der Waals surface area (Å²) in [5.41, 5.74) is 4.51. The second-order valence-electron chi connectivity index (χ2n) is 5.93. The van der Waals surface area contributed by atoms with Crippen molar-refractivity contribution in [2.24, 2.45) is 0 Å². The third-order valence-electron chi connectivity index (χ3n) is 4.57. The van der Waals surface area contributed by atoms with Crippen LogP contribution >= 0.6 is 0 Å². The van der Waals surface area contributed by atoms with E-state index in [9.17, 15) is 5.26 Å². The lowest BCUT2D eigenvalue weighted by Crippen LogP contribution is -2.21. The molecule has 1 fully saturated rings. The Morgan fingerprint density at radius 1 is 1.29 bits per heavy atom. The Balaban J connectivity index is 1.89. The molecule has 0 spiro atoms. The van der Waals surface area contributed by atoms with Crippen molar-refractivity contribution in [3.05, 3.63) is 22.4 Å². The molecule has 0 radical (unpaired) electrons. The Morgan fingerprint density at radius 3 is 2.76 bits per heavy atom. The number of rotatable bonds is 4. The molecule has 1 N–H and O–H groups in total. The minimum atomic E-state index is 0.263. The third kappa shape index (κ3) is 2.89. The summed E-state index contributed by atoms with van der Waals surface area (Å²) in [7, 11) is 0. The molecule has 1 aromatic heterocycles. The molecule has 4 nitrogen and oxygen atoms in total. The van der Waals surface area contributed by atoms with Gasteiger partial charge in [-0.05, 0) is 56.1 Å². The van der Waals surface area contributed by atoms with Crippen LogP contribution in [0.5, 0.6) is 0 Å². The lowest BCUT2D eigenvalue weighted by molar-refractivity contribution is 0.120. The fraction of sp³-hybridized carbons (Fsp3) is 0.647. The number of aryl methyl sites for hydroxylation is 1. The monoisotopic (exact) mass is 285 g/mol. The van der Waals surface area contributed by atoms with E-state index >= 15 is 0 Å². The van der Waals surface area contributed by atoms with Crippen LogP contribution in [0.2, 0.25) is 0 Å². The lowest BCUT2D eigenvalue weighted by Gasteiger charge is -2.22. The first-order valence-electron chi connectivity index (χ1n) is 8.13. The van der Waals surface area contributed by atoms with Gasteiger partial charge in [0, 0.05) is 18.8 Å². The van der Waals surface area contributed by atoms with E-state index in [1.165, 1.54) is 29.7 Å². The summed E-state index contributed by atoms with van der Waals surface area (Å²) >= 11 is 0. The molecule has 1 atom stereocenters. The maximum Gasteiger partial charge on any atom is 0.144 e. The maximum absolute atomic E-state index is 9.57. The topological polar surface area (TPSA) is 57.9 Å². The molecule has 112 valence electrons. The molecule has 3 rings (SSSR count). The molecule has 0 unspecified atom stereocenters. The number of nitrogens with zero attached hydrogens (tertiary/aromatic N) is 2. The number of aromatic nitrogens is 1. The highest BCUT2D eigenvalue weighted by molar-refractivity contribution is 5.60. The van der Waals surface area contributed by atoms with Gasteiger partial charge in [-0.25, -0.2) is 4.98 Å². The molecule has 0 amide bonds. The molecule has 21 heavy (non-hydrogen) atoms. The largest absolute Gasteiger partial charge is 0.376 e. The molecule has 1 aromatic rings. The smallest absolute Gasteiger partial charge is 0.144 e. The van der Waals surface area contributed by atoms with Crippen molar-refractivity contribution in [2.75, 3.05) is 18.5 Å². The molecular weight excluding hydrogens is 262 g/mol. The van der Waals surface area contributed by atoms with Gasteiger partial charge in [0.05, 0.1) is 11.7 Å². The van der Waals surface area contributed by atoms with Gasteiger partial charge in [0.25, 0.3) is 0 Å². The van der Waals surface area contributed by atoms with E-state index in [0.29, 0.717) is 0 Å². The molecule has 0 saturated carbocycles. The van der Waals surface area contributed by atoms with Gasteiger partial charge in [0.1, 0.15) is 11.9 Å². The molecule has 0 bridgehead atoms. The molecule has 2 aliphatic rings. The van der Waals surface area contributed by atoms with Gasteiger partial charge in [0.15, 0.2) is 0 Å². The molecule has 1 saturated heterocycles. The minimum Gasteiger partial charge on any atom is -0.376 e. The third-order valence-corrected chi connectivity index (χ3v) is 4.57. The van der Waals surface area contributed by atoms with E-state index in [1.54, 1.807) is 0 Å². The van der Waals surface area contributed by atoms with E-state index < -0.39 is 0 Å². The first-order chi connectivity index (χ1) is 10.3. The van der Waals surface area contributed by atoms with Crippen LogP contribution in [0.4, 0.5) is 5.82 Å². The maximum atomic E-state index is 9.57. The molecule has 2 heterocycles. The van der Waals surface area contributed by atoms with E-state index in [4.69, 9.17) is 9.72 Å². The van der Waals surface area contributed by atoms with Crippen molar-refractivity contribution in [3.8, 4) is 6.07 Å². The Hall–Kier alpha value is -1.60. The fourth-order valence-electron chi connectivity index (χ4n) is 3.46. The van der Waals surface area contributed by atoms with Crippen molar-refractivity contribution in [2.45, 2.75) is 58.0 Å². The van der Waals surface area contributed by atoms with Crippen molar-refractivity contribution >= 4 is 5.82 Å². The highest BCUT2D eigenvalue weighted by Gasteiger charge is 2.22. The van der Waals surface area contributed by atoms with Crippen LogP contribution in [0, 0.1) is 11.3 Å². The second-order valence-corrected chi connectivity index (χ2v) is 5.93. The summed E-state index contributed by atoms with van der Waals surface area (Å²) in [4.78, 5) is 4.75. The summed E-state index contributed by atoms with van der Waals surface area (Å²) in [6.45, 7) is 3.76. The Bertz CT molecular complexity index is 556. The van der Waals surface area contributed by atoms with Crippen molar-refractivity contribution in [1.82, 2.24) is 4.98 Å². The van der Waals surface area contributed by atoms with E-state index in [-0.39, 0.29) is 6.10 Å². The molecule has 1 aliphatic carbocycles. The van der Waals surface area contributed by atoms with Gasteiger partial charge in [-0.3, -0.25) is 0 Å². The Labute approximate surface area is 126 Å². The van der Waals surface area contributed by atoms with Crippen molar-refractivity contribution in [3.63, 3.8) is 0 Å². The summed E-state index contributed by atoms with van der Waals surface area (Å²) < 4.78 is 5.64. The average Bonchev–Trinajstić information content (AvgIpc) is 3.05. The highest BCUT2D eigenvalue weighted by atomic mass is 16.5. The Morgan fingerprint density at radius 2 is 2.10 bits per heavy atom. The van der Waals surface area contributed by atoms with Gasteiger partial charge >= 0.3 is 0 Å². The summed E-state index contributed by atoms with van der Waals surface area (Å²) in [5.74, 6) is 0.769. The van der Waals surface area contributed by atoms with Crippen LogP contribution in [0.15, 0.2) is 0 Å². The standard InChI is InChI=1S/C17H23N3O/c1-2-16-14-8-4-3-7-13(14)15(10-18)17(20-16)19-11-12-6-5-9-21-12/h12H,2-9,11H2,1H3,(H,19,20)/t12-/m0/s1. The number of hydrogen-bond acceptors (Lipinski definition) is 4. The number of ether oxygens (including phenoxy) is 1. The molecular formula is C17H23N3O. The summed E-state index contributed by atoms with van der Waals surface area (Å²) in [6, 6.07) is 2.38. The van der Waals surface area contributed by atoms with Gasteiger partial charge in [-0.15, -0.1) is 0 Å². The lowest BCUT2D eigenvalue weighted by atomic mass is 9.87. The number of pyridine rings is 1. The number of nitriles is 1. The summed E-state index contributed by atoms with van der Waals surface area (Å²) in [6.07, 6.45) is 7.92. The number of anilines is 1. The predicted octanol–water partition coefficient (Wildman–Crippen LogP) is 2.99. The van der Waals surface area contributed by atoms with Gasteiger partial charge in [-0.1, -0.05) is 6.92 Å². The first kappa shape index (κ1) is 14.3. The van der Waals surface area contributed by atoms with E-state index in [1.807, 2.05) is 0 Å². The average molecular weight is 285 g/mol. The first-order valence-corrected chi connectivity index (χ1v) is 8.13. The molecule has 0 aromatic carbocycles. The van der Waals surface area contributed by atoms with Crippen molar-refractivity contribution in [1.29, 1.82) is 5.26 Å². The van der Waals surface area contributed by atoms with Crippen LogP contribution in [0.25, 0.3) is 0 Å². The normalized spacial score (nSPS) is 20.9. The molecule has 4 heteroatoms. The highest BCUT2D eigenvalue weighted by Crippen LogP contribution is 2.30. The van der Waals surface area contributed by atoms with Crippen LogP contribution in [0.3, 0.4) is 0 Å². The number of hydrogen-bond donors (Lipinski definition) is 1. The Kier molecular flexibility index (Phi) is 4.40. The van der Waals surface area contributed by atoms with E-state index in [0.717, 1.165) is 56.6 Å². The zero-order chi connectivity index (χ0) is 14.7. The van der Waals surface area contributed by atoms with Gasteiger partial charge in [0.2, 0.25) is 0 Å². The van der Waals surface area contributed by atoms with Gasteiger partial charge < -0.3 is 10.1 Å². The summed E-state index contributed by atoms with van der Waals surface area (Å²) in [5, 5.41) is 12.9. The van der Waals surface area contributed by atoms with Crippen LogP contribution in [-0.2, 0) is 24.0 Å². The van der Waals surface area contributed by atoms with Crippen LogP contribution < -0.4 is 5.32 Å². The van der Waals surface area contributed by atoms with Crippen molar-refractivity contribution < 1.29 is 4.74 Å². The quantitative estimate of drug-likeness (QED) is 0.924. The van der Waals surface area contributed by atoms with E-state index in [2.05, 4.69) is 18.3 Å².